The Morgan fingerprint density at radius 3 is 2.38 bits per heavy atom. The van der Waals surface area contributed by atoms with Gasteiger partial charge in [-0.3, -0.25) is 0 Å². The van der Waals surface area contributed by atoms with Crippen molar-refractivity contribution < 1.29 is 22.3 Å². The molecule has 0 aliphatic rings. The normalized spacial score (nSPS) is 11.8. The van der Waals surface area contributed by atoms with Gasteiger partial charge < -0.3 is 9.72 Å². The molecule has 1 heterocycles. The molecule has 1 aromatic heterocycles. The van der Waals surface area contributed by atoms with Crippen molar-refractivity contribution in [2.24, 2.45) is 0 Å². The number of fused-ring (bicyclic) bond motifs is 1. The van der Waals surface area contributed by atoms with Crippen molar-refractivity contribution in [1.82, 2.24) is 9.97 Å². The van der Waals surface area contributed by atoms with Crippen molar-refractivity contribution in [3.05, 3.63) is 48.3 Å². The summed E-state index contributed by atoms with van der Waals surface area (Å²) < 4.78 is 53.1. The molecule has 7 heteroatoms. The van der Waals surface area contributed by atoms with E-state index in [-0.39, 0.29) is 5.75 Å². The van der Waals surface area contributed by atoms with Crippen LogP contribution in [0, 0.1) is 5.82 Å². The number of hydrogen-bond acceptors (Lipinski definition) is 2. The molecule has 0 aliphatic carbocycles. The number of H-pyrrole nitrogens is 1. The number of alkyl halides is 3. The predicted molar refractivity (Wildman–Crippen MR) is 68.2 cm³/mol. The minimum atomic E-state index is -4.72. The second-order valence-electron chi connectivity index (χ2n) is 4.32. The van der Waals surface area contributed by atoms with E-state index >= 15 is 0 Å². The molecule has 0 unspecified atom stereocenters. The van der Waals surface area contributed by atoms with Gasteiger partial charge in [0.1, 0.15) is 17.4 Å². The van der Waals surface area contributed by atoms with Crippen LogP contribution in [0.25, 0.3) is 22.4 Å². The van der Waals surface area contributed by atoms with Crippen LogP contribution in [0.4, 0.5) is 17.6 Å². The minimum Gasteiger partial charge on any atom is -0.406 e. The number of aromatic amines is 1. The Kier molecular flexibility index (Phi) is 3.04. The fraction of sp³-hybridized carbons (Fsp3) is 0.0714. The monoisotopic (exact) mass is 296 g/mol. The zero-order valence-corrected chi connectivity index (χ0v) is 10.4. The first-order valence-electron chi connectivity index (χ1n) is 5.92. The molecule has 0 aliphatic heterocycles. The third-order valence-electron chi connectivity index (χ3n) is 2.81. The van der Waals surface area contributed by atoms with Gasteiger partial charge >= 0.3 is 6.36 Å². The molecule has 3 aromatic rings. The summed E-state index contributed by atoms with van der Waals surface area (Å²) in [6.07, 6.45) is -4.72. The Balaban J connectivity index is 1.91. The van der Waals surface area contributed by atoms with E-state index in [1.807, 2.05) is 0 Å². The molecular formula is C14H8F4N2O. The van der Waals surface area contributed by atoms with E-state index in [0.29, 0.717) is 22.4 Å². The fourth-order valence-corrected chi connectivity index (χ4v) is 1.93. The largest absolute Gasteiger partial charge is 0.573 e. The van der Waals surface area contributed by atoms with Gasteiger partial charge in [-0.15, -0.1) is 13.2 Å². The predicted octanol–water partition coefficient (Wildman–Crippen LogP) is 4.27. The molecule has 21 heavy (non-hydrogen) atoms. The summed E-state index contributed by atoms with van der Waals surface area (Å²) in [6.45, 7) is 0. The number of rotatable bonds is 2. The van der Waals surface area contributed by atoms with Crippen molar-refractivity contribution in [3.8, 4) is 17.1 Å². The van der Waals surface area contributed by atoms with Gasteiger partial charge in [0.15, 0.2) is 0 Å². The van der Waals surface area contributed by atoms with Crippen molar-refractivity contribution in [1.29, 1.82) is 0 Å². The summed E-state index contributed by atoms with van der Waals surface area (Å²) in [5, 5.41) is 0. The van der Waals surface area contributed by atoms with Crippen LogP contribution in [0.3, 0.4) is 0 Å². The number of imidazole rings is 1. The molecule has 2 aromatic carbocycles. The van der Waals surface area contributed by atoms with Crippen LogP contribution in [0.5, 0.6) is 5.75 Å². The molecular weight excluding hydrogens is 288 g/mol. The molecule has 3 rings (SSSR count). The highest BCUT2D eigenvalue weighted by atomic mass is 19.4. The average Bonchev–Trinajstić information content (AvgIpc) is 2.80. The third-order valence-corrected chi connectivity index (χ3v) is 2.81. The fourth-order valence-electron chi connectivity index (χ4n) is 1.93. The lowest BCUT2D eigenvalue weighted by atomic mass is 10.2. The highest BCUT2D eigenvalue weighted by Gasteiger charge is 2.30. The topological polar surface area (TPSA) is 37.9 Å². The van der Waals surface area contributed by atoms with Crippen LogP contribution >= 0.6 is 0 Å². The van der Waals surface area contributed by atoms with Gasteiger partial charge in [0.2, 0.25) is 0 Å². The van der Waals surface area contributed by atoms with E-state index in [4.69, 9.17) is 0 Å². The number of nitrogens with zero attached hydrogens (tertiary/aromatic N) is 1. The van der Waals surface area contributed by atoms with Crippen molar-refractivity contribution >= 4 is 11.0 Å². The Bertz CT molecular complexity index is 778. The SMILES string of the molecule is Fc1ccc2nc(-c3ccc(OC(F)(F)F)cc3)[nH]c2c1. The number of ether oxygens (including phenoxy) is 1. The minimum absolute atomic E-state index is 0.312. The zero-order chi connectivity index (χ0) is 15.0. The maximum atomic E-state index is 13.1. The Morgan fingerprint density at radius 1 is 1.00 bits per heavy atom. The van der Waals surface area contributed by atoms with Gasteiger partial charge in [0.25, 0.3) is 0 Å². The van der Waals surface area contributed by atoms with E-state index in [9.17, 15) is 17.6 Å². The number of hydrogen-bond donors (Lipinski definition) is 1. The highest BCUT2D eigenvalue weighted by Crippen LogP contribution is 2.26. The lowest BCUT2D eigenvalue weighted by molar-refractivity contribution is -0.274. The van der Waals surface area contributed by atoms with E-state index in [1.165, 1.54) is 42.5 Å². The van der Waals surface area contributed by atoms with Crippen LogP contribution in [0.1, 0.15) is 0 Å². The first-order valence-corrected chi connectivity index (χ1v) is 5.92. The smallest absolute Gasteiger partial charge is 0.406 e. The van der Waals surface area contributed by atoms with E-state index in [0.717, 1.165) is 0 Å². The first kappa shape index (κ1) is 13.4. The number of benzene rings is 2. The molecule has 0 fully saturated rings. The third kappa shape index (κ3) is 2.96. The van der Waals surface area contributed by atoms with Gasteiger partial charge in [-0.05, 0) is 42.5 Å². The van der Waals surface area contributed by atoms with Gasteiger partial charge in [-0.25, -0.2) is 9.37 Å². The van der Waals surface area contributed by atoms with E-state index < -0.39 is 12.2 Å². The van der Waals surface area contributed by atoms with Crippen molar-refractivity contribution in [3.63, 3.8) is 0 Å². The molecule has 0 saturated heterocycles. The molecule has 1 N–H and O–H groups in total. The maximum Gasteiger partial charge on any atom is 0.573 e. The maximum absolute atomic E-state index is 13.1. The molecule has 0 amide bonds. The lowest BCUT2D eigenvalue weighted by Gasteiger charge is -2.08. The molecule has 108 valence electrons. The van der Waals surface area contributed by atoms with Crippen LogP contribution in [0.2, 0.25) is 0 Å². The van der Waals surface area contributed by atoms with Gasteiger partial charge in [0.05, 0.1) is 11.0 Å². The standard InChI is InChI=1S/C14H8F4N2O/c15-9-3-6-11-12(7-9)20-13(19-11)8-1-4-10(5-2-8)21-14(16,17)18/h1-7H,(H,19,20). The molecule has 0 spiro atoms. The van der Waals surface area contributed by atoms with Gasteiger partial charge in [-0.2, -0.15) is 0 Å². The number of aromatic nitrogens is 2. The molecule has 3 nitrogen and oxygen atoms in total. The Morgan fingerprint density at radius 2 is 1.71 bits per heavy atom. The molecule has 0 saturated carbocycles. The number of nitrogens with one attached hydrogen (secondary N) is 1. The second kappa shape index (κ2) is 4.76. The average molecular weight is 296 g/mol. The quantitative estimate of drug-likeness (QED) is 0.717. The molecule has 0 atom stereocenters. The van der Waals surface area contributed by atoms with Crippen LogP contribution in [-0.2, 0) is 0 Å². The van der Waals surface area contributed by atoms with E-state index in [2.05, 4.69) is 14.7 Å². The van der Waals surface area contributed by atoms with Crippen LogP contribution < -0.4 is 4.74 Å². The molecule has 0 bridgehead atoms. The van der Waals surface area contributed by atoms with Gasteiger partial charge in [-0.1, -0.05) is 0 Å². The summed E-state index contributed by atoms with van der Waals surface area (Å²) in [5.41, 5.74) is 1.66. The van der Waals surface area contributed by atoms with E-state index in [1.54, 1.807) is 0 Å². The highest BCUT2D eigenvalue weighted by molar-refractivity contribution is 5.79. The summed E-state index contributed by atoms with van der Waals surface area (Å²) in [4.78, 5) is 7.15. The van der Waals surface area contributed by atoms with Crippen LogP contribution in [-0.4, -0.2) is 16.3 Å². The Labute approximate surface area is 116 Å². The summed E-state index contributed by atoms with van der Waals surface area (Å²) >= 11 is 0. The van der Waals surface area contributed by atoms with Crippen molar-refractivity contribution in [2.75, 3.05) is 0 Å². The van der Waals surface area contributed by atoms with Crippen LogP contribution in [0.15, 0.2) is 42.5 Å². The first-order chi connectivity index (χ1) is 9.90. The Hall–Kier alpha value is -2.57. The zero-order valence-electron chi connectivity index (χ0n) is 10.4. The lowest BCUT2D eigenvalue weighted by Crippen LogP contribution is -2.16. The second-order valence-corrected chi connectivity index (χ2v) is 4.32. The summed E-state index contributed by atoms with van der Waals surface area (Å²) in [6, 6.07) is 9.36. The molecule has 0 radical (unpaired) electrons. The summed E-state index contributed by atoms with van der Waals surface area (Å²) in [5.74, 6) is -0.269. The summed E-state index contributed by atoms with van der Waals surface area (Å²) in [7, 11) is 0. The number of halogens is 4. The van der Waals surface area contributed by atoms with Gasteiger partial charge in [0, 0.05) is 5.56 Å². The van der Waals surface area contributed by atoms with Crippen molar-refractivity contribution in [2.45, 2.75) is 6.36 Å².